The maximum Gasteiger partial charge on any atom is 0.289 e. The van der Waals surface area contributed by atoms with Gasteiger partial charge in [-0.15, -0.1) is 5.10 Å². The summed E-state index contributed by atoms with van der Waals surface area (Å²) >= 11 is 6.53. The Balaban J connectivity index is 1.80. The topological polar surface area (TPSA) is 94.2 Å². The number of nitrogens with zero attached hydrogens (tertiary/aromatic N) is 3. The molecule has 0 radical (unpaired) electrons. The average Bonchev–Trinajstić information content (AvgIpc) is 3.15. The Morgan fingerprint density at radius 2 is 2.19 bits per heavy atom. The van der Waals surface area contributed by atoms with Crippen molar-refractivity contribution in [2.75, 3.05) is 17.7 Å². The van der Waals surface area contributed by atoms with E-state index in [1.807, 2.05) is 31.2 Å². The summed E-state index contributed by atoms with van der Waals surface area (Å²) < 4.78 is 12.4. The van der Waals surface area contributed by atoms with Gasteiger partial charge in [-0.05, 0) is 31.3 Å². The molecular formula is C16H17N5O3S2. The van der Waals surface area contributed by atoms with Gasteiger partial charge in [0.1, 0.15) is 17.3 Å². The molecule has 0 aliphatic heterocycles. The van der Waals surface area contributed by atoms with Gasteiger partial charge in [0.15, 0.2) is 5.13 Å². The van der Waals surface area contributed by atoms with Crippen LogP contribution < -0.4 is 15.4 Å². The summed E-state index contributed by atoms with van der Waals surface area (Å²) in [5.74, 6) is 0.905. The lowest BCUT2D eigenvalue weighted by molar-refractivity contribution is -0.114. The summed E-state index contributed by atoms with van der Waals surface area (Å²) in [6.07, 6.45) is 0. The minimum atomic E-state index is -0.183. The van der Waals surface area contributed by atoms with Gasteiger partial charge in [-0.3, -0.25) is 4.79 Å². The normalized spacial score (nSPS) is 10.6. The molecule has 2 heterocycles. The summed E-state index contributed by atoms with van der Waals surface area (Å²) in [4.78, 5) is 16.4. The number of hydrogen-bond donors (Lipinski definition) is 2. The van der Waals surface area contributed by atoms with Crippen molar-refractivity contribution in [1.82, 2.24) is 14.8 Å². The number of aromatic nitrogens is 3. The number of anilines is 2. The number of methoxy groups -OCH3 is 1. The first-order valence-corrected chi connectivity index (χ1v) is 8.90. The molecule has 8 nitrogen and oxygen atoms in total. The molecule has 2 aromatic heterocycles. The van der Waals surface area contributed by atoms with Crippen LogP contribution in [0.3, 0.4) is 0 Å². The molecule has 0 bridgehead atoms. The average molecular weight is 391 g/mol. The van der Waals surface area contributed by atoms with Gasteiger partial charge in [-0.1, -0.05) is 23.5 Å². The third-order valence-corrected chi connectivity index (χ3v) is 4.76. The second-order valence-electron chi connectivity index (χ2n) is 5.32. The predicted octanol–water partition coefficient (Wildman–Crippen LogP) is 3.67. The second kappa shape index (κ2) is 7.67. The quantitative estimate of drug-likeness (QED) is 0.619. The molecule has 0 spiro atoms. The number of benzene rings is 1. The molecule has 136 valence electrons. The number of thiazole rings is 1. The first-order chi connectivity index (χ1) is 12.5. The minimum Gasteiger partial charge on any atom is -0.495 e. The molecule has 2 N–H and O–H groups in total. The standard InChI is InChI=1S/C16H17N5O3S2/c1-9-13(26-15(18-9)19-10(2)22)14-20-21(16(25)24-14)8-17-11-6-4-5-7-12(11)23-3/h4-7,17H,8H2,1-3H3,(H,18,19,22). The van der Waals surface area contributed by atoms with Crippen molar-refractivity contribution < 1.29 is 13.9 Å². The van der Waals surface area contributed by atoms with Crippen molar-refractivity contribution in [2.24, 2.45) is 0 Å². The zero-order valence-electron chi connectivity index (χ0n) is 14.4. The second-order valence-corrected chi connectivity index (χ2v) is 6.67. The third-order valence-electron chi connectivity index (χ3n) is 3.41. The van der Waals surface area contributed by atoms with Crippen LogP contribution in [0.25, 0.3) is 10.8 Å². The summed E-state index contributed by atoms with van der Waals surface area (Å²) in [5, 5.41) is 10.8. The van der Waals surface area contributed by atoms with Crippen LogP contribution >= 0.6 is 23.6 Å². The van der Waals surface area contributed by atoms with Crippen molar-refractivity contribution in [3.8, 4) is 16.5 Å². The fourth-order valence-electron chi connectivity index (χ4n) is 2.25. The Bertz CT molecular complexity index is 992. The van der Waals surface area contributed by atoms with Crippen LogP contribution in [0.1, 0.15) is 12.6 Å². The van der Waals surface area contributed by atoms with Gasteiger partial charge in [0.2, 0.25) is 5.91 Å². The monoisotopic (exact) mass is 391 g/mol. The van der Waals surface area contributed by atoms with E-state index in [4.69, 9.17) is 21.4 Å². The molecule has 1 amide bonds. The number of rotatable bonds is 6. The maximum atomic E-state index is 11.2. The van der Waals surface area contributed by atoms with E-state index in [-0.39, 0.29) is 10.7 Å². The molecule has 0 saturated carbocycles. The zero-order chi connectivity index (χ0) is 18.7. The first-order valence-electron chi connectivity index (χ1n) is 7.68. The van der Waals surface area contributed by atoms with Crippen LogP contribution in [0.15, 0.2) is 28.7 Å². The molecule has 0 saturated heterocycles. The SMILES string of the molecule is COc1ccccc1NCn1nc(-c2sc(NC(C)=O)nc2C)oc1=S. The number of nitrogens with one attached hydrogen (secondary N) is 2. The highest BCUT2D eigenvalue weighted by molar-refractivity contribution is 7.71. The molecule has 10 heteroatoms. The zero-order valence-corrected chi connectivity index (χ0v) is 16.0. The molecule has 0 aliphatic carbocycles. The van der Waals surface area contributed by atoms with Crippen molar-refractivity contribution in [3.63, 3.8) is 0 Å². The smallest absolute Gasteiger partial charge is 0.289 e. The largest absolute Gasteiger partial charge is 0.495 e. The van der Waals surface area contributed by atoms with E-state index in [1.165, 1.54) is 22.9 Å². The van der Waals surface area contributed by atoms with Crippen LogP contribution in [-0.2, 0) is 11.5 Å². The van der Waals surface area contributed by atoms with E-state index in [9.17, 15) is 4.79 Å². The van der Waals surface area contributed by atoms with E-state index in [0.717, 1.165) is 16.3 Å². The Labute approximate surface area is 158 Å². The molecule has 0 unspecified atom stereocenters. The third kappa shape index (κ3) is 3.92. The van der Waals surface area contributed by atoms with Crippen LogP contribution in [0.5, 0.6) is 5.75 Å². The predicted molar refractivity (Wildman–Crippen MR) is 102 cm³/mol. The fourth-order valence-corrected chi connectivity index (χ4v) is 3.37. The maximum absolute atomic E-state index is 11.2. The Hall–Kier alpha value is -2.72. The van der Waals surface area contributed by atoms with Crippen LogP contribution in [-0.4, -0.2) is 27.8 Å². The van der Waals surface area contributed by atoms with Crippen molar-refractivity contribution >= 4 is 40.3 Å². The Morgan fingerprint density at radius 3 is 2.92 bits per heavy atom. The van der Waals surface area contributed by atoms with Gasteiger partial charge in [0.25, 0.3) is 10.7 Å². The Morgan fingerprint density at radius 1 is 1.42 bits per heavy atom. The number of aryl methyl sites for hydroxylation is 1. The highest BCUT2D eigenvalue weighted by Gasteiger charge is 2.17. The lowest BCUT2D eigenvalue weighted by atomic mass is 10.3. The summed E-state index contributed by atoms with van der Waals surface area (Å²) in [6.45, 7) is 3.57. The summed E-state index contributed by atoms with van der Waals surface area (Å²) in [6, 6.07) is 7.56. The number of amides is 1. The number of hydrogen-bond acceptors (Lipinski definition) is 8. The van der Waals surface area contributed by atoms with Gasteiger partial charge < -0.3 is 19.8 Å². The number of ether oxygens (including phenoxy) is 1. The van der Waals surface area contributed by atoms with E-state index in [1.54, 1.807) is 7.11 Å². The fraction of sp³-hybridized carbons (Fsp3) is 0.250. The van der Waals surface area contributed by atoms with Crippen LogP contribution in [0.4, 0.5) is 10.8 Å². The first kappa shape index (κ1) is 18.1. The lowest BCUT2D eigenvalue weighted by Crippen LogP contribution is -2.10. The van der Waals surface area contributed by atoms with Crippen LogP contribution in [0.2, 0.25) is 0 Å². The molecule has 0 fully saturated rings. The molecular weight excluding hydrogens is 374 g/mol. The summed E-state index contributed by atoms with van der Waals surface area (Å²) in [5.41, 5.74) is 1.53. The van der Waals surface area contributed by atoms with Crippen molar-refractivity contribution in [3.05, 3.63) is 34.8 Å². The van der Waals surface area contributed by atoms with E-state index in [0.29, 0.717) is 23.4 Å². The van der Waals surface area contributed by atoms with Crippen molar-refractivity contribution in [2.45, 2.75) is 20.5 Å². The molecule has 1 aromatic carbocycles. The van der Waals surface area contributed by atoms with Gasteiger partial charge >= 0.3 is 0 Å². The van der Waals surface area contributed by atoms with Gasteiger partial charge in [0, 0.05) is 6.92 Å². The number of carbonyl (C=O) groups is 1. The Kier molecular flexibility index (Phi) is 5.33. The molecule has 3 aromatic rings. The van der Waals surface area contributed by atoms with Crippen LogP contribution in [0, 0.1) is 11.8 Å². The molecule has 0 aliphatic rings. The van der Waals surface area contributed by atoms with Gasteiger partial charge in [-0.2, -0.15) is 0 Å². The lowest BCUT2D eigenvalue weighted by Gasteiger charge is -2.09. The number of para-hydroxylation sites is 2. The minimum absolute atomic E-state index is 0.183. The summed E-state index contributed by atoms with van der Waals surface area (Å²) in [7, 11) is 1.61. The molecule has 3 rings (SSSR count). The van der Waals surface area contributed by atoms with Gasteiger partial charge in [0.05, 0.1) is 18.5 Å². The van der Waals surface area contributed by atoms with E-state index < -0.39 is 0 Å². The van der Waals surface area contributed by atoms with E-state index >= 15 is 0 Å². The van der Waals surface area contributed by atoms with E-state index in [2.05, 4.69) is 20.7 Å². The van der Waals surface area contributed by atoms with Crippen molar-refractivity contribution in [1.29, 1.82) is 0 Å². The molecule has 26 heavy (non-hydrogen) atoms. The molecule has 0 atom stereocenters. The highest BCUT2D eigenvalue weighted by Crippen LogP contribution is 2.32. The number of carbonyl (C=O) groups excluding carboxylic acids is 1. The highest BCUT2D eigenvalue weighted by atomic mass is 32.1. The van der Waals surface area contributed by atoms with Gasteiger partial charge in [-0.25, -0.2) is 9.67 Å².